The van der Waals surface area contributed by atoms with Crippen LogP contribution in [0.15, 0.2) is 22.7 Å². The number of rotatable bonds is 26. The second kappa shape index (κ2) is 24.3. The van der Waals surface area contributed by atoms with Gasteiger partial charge in [0, 0.05) is 42.3 Å². The van der Waals surface area contributed by atoms with Crippen LogP contribution in [0.3, 0.4) is 0 Å². The Bertz CT molecular complexity index is 942. The van der Waals surface area contributed by atoms with Crippen LogP contribution in [-0.4, -0.2) is 123 Å². The topological polar surface area (TPSA) is 203 Å². The van der Waals surface area contributed by atoms with Gasteiger partial charge in [0.05, 0.1) is 30.2 Å². The summed E-state index contributed by atoms with van der Waals surface area (Å²) in [6, 6.07) is -0.227. The highest BCUT2D eigenvalue weighted by Gasteiger charge is 2.20. The number of aromatic nitrogens is 3. The lowest BCUT2D eigenvalue weighted by Crippen LogP contribution is -2.29. The number of nitrogens with zero attached hydrogens (tertiary/aromatic N) is 3. The zero-order chi connectivity index (χ0) is 32.9. The third-order valence-electron chi connectivity index (χ3n) is 6.22. The molecule has 0 bridgehead atoms. The van der Waals surface area contributed by atoms with Gasteiger partial charge in [-0.3, -0.25) is 9.59 Å². The molecule has 1 aromatic rings. The molecule has 0 radical (unpaired) electrons. The third kappa shape index (κ3) is 19.6. The van der Waals surface area contributed by atoms with Crippen molar-refractivity contribution in [2.24, 2.45) is 0 Å². The number of aliphatic carboxylic acids is 1. The first-order valence-corrected chi connectivity index (χ1v) is 19.6. The van der Waals surface area contributed by atoms with Crippen LogP contribution in [0.4, 0.5) is 0 Å². The van der Waals surface area contributed by atoms with Crippen molar-refractivity contribution in [3.05, 3.63) is 12.3 Å². The summed E-state index contributed by atoms with van der Waals surface area (Å²) in [7, 11) is -0.323. The first-order chi connectivity index (χ1) is 20.9. The Morgan fingerprint density at radius 1 is 0.727 bits per heavy atom. The molecule has 0 saturated carbocycles. The first-order valence-electron chi connectivity index (χ1n) is 14.4. The SMILES string of the molecule is C=C(O)CCCCP(CCCCC(=O)O)CCCCC(=O)Oc1nc(SCC(O)C(O)CS)nc(SCC(O)C(O)CS)n1. The molecule has 6 N–H and O–H groups in total. The number of hydrogen-bond acceptors (Lipinski definition) is 15. The van der Waals surface area contributed by atoms with E-state index in [1.165, 1.54) is 0 Å². The highest BCUT2D eigenvalue weighted by atomic mass is 32.2. The Hall–Kier alpha value is -0.840. The largest absolute Gasteiger partial charge is 0.513 e. The Kier molecular flexibility index (Phi) is 22.8. The lowest BCUT2D eigenvalue weighted by Gasteiger charge is -2.17. The fourth-order valence-corrected chi connectivity index (χ4v) is 8.55. The summed E-state index contributed by atoms with van der Waals surface area (Å²) >= 11 is 10.0. The third-order valence-corrected chi connectivity index (χ3v) is 11.7. The molecule has 1 heterocycles. The van der Waals surface area contributed by atoms with E-state index in [0.717, 1.165) is 67.7 Å². The molecule has 0 fully saturated rings. The van der Waals surface area contributed by atoms with E-state index in [1.807, 2.05) is 0 Å². The molecule has 0 spiro atoms. The minimum Gasteiger partial charge on any atom is -0.513 e. The maximum atomic E-state index is 12.6. The van der Waals surface area contributed by atoms with Gasteiger partial charge in [-0.1, -0.05) is 30.1 Å². The van der Waals surface area contributed by atoms with Gasteiger partial charge in [0.2, 0.25) is 0 Å². The summed E-state index contributed by atoms with van der Waals surface area (Å²) in [6.45, 7) is 3.52. The Morgan fingerprint density at radius 3 is 1.61 bits per heavy atom. The molecule has 12 nitrogen and oxygen atoms in total. The van der Waals surface area contributed by atoms with Gasteiger partial charge in [-0.05, 0) is 57.0 Å². The van der Waals surface area contributed by atoms with E-state index in [2.05, 4.69) is 46.8 Å². The number of unbranched alkanes of at least 4 members (excludes halogenated alkanes) is 3. The minimum absolute atomic E-state index is 0.0538. The van der Waals surface area contributed by atoms with E-state index in [4.69, 9.17) is 9.84 Å². The van der Waals surface area contributed by atoms with Crippen molar-refractivity contribution < 1.29 is 45.0 Å². The summed E-state index contributed by atoms with van der Waals surface area (Å²) in [5.74, 6) is -0.887. The molecule has 0 saturated heterocycles. The molecular formula is C27H46N3O9PS4. The monoisotopic (exact) mass is 715 g/mol. The molecule has 5 unspecified atom stereocenters. The number of thioether (sulfide) groups is 2. The van der Waals surface area contributed by atoms with Crippen molar-refractivity contribution in [1.82, 2.24) is 15.0 Å². The predicted octanol–water partition coefficient (Wildman–Crippen LogP) is 3.41. The molecule has 0 aliphatic carbocycles. The number of ether oxygens (including phenoxy) is 1. The van der Waals surface area contributed by atoms with E-state index in [9.17, 15) is 35.1 Å². The number of carbonyl (C=O) groups is 2. The van der Waals surface area contributed by atoms with Crippen molar-refractivity contribution in [3.63, 3.8) is 0 Å². The Labute approximate surface area is 279 Å². The quantitative estimate of drug-likeness (QED) is 0.0173. The second-order valence-corrected chi connectivity index (χ2v) is 15.5. The van der Waals surface area contributed by atoms with E-state index < -0.39 is 36.4 Å². The summed E-state index contributed by atoms with van der Waals surface area (Å²) in [5, 5.41) is 58.2. The fourth-order valence-electron chi connectivity index (χ4n) is 3.65. The molecule has 252 valence electrons. The molecular weight excluding hydrogens is 670 g/mol. The standard InChI is InChI=1S/C27H46N3O9PS4/c1-18(31)8-2-5-11-40(12-6-3-9-23(36)37)13-7-4-10-24(38)39-25-28-26(43-16-21(34)19(32)14-41)30-27(29-25)44-17-22(35)20(33)15-42/h19-22,31-35,41-42H,1-17H2,(H,36,37). The van der Waals surface area contributed by atoms with Crippen molar-refractivity contribution in [3.8, 4) is 6.01 Å². The zero-order valence-electron chi connectivity index (χ0n) is 24.7. The molecule has 5 atom stereocenters. The zero-order valence-corrected chi connectivity index (χ0v) is 29.1. The predicted molar refractivity (Wildman–Crippen MR) is 181 cm³/mol. The average Bonchev–Trinajstić information content (AvgIpc) is 2.99. The van der Waals surface area contributed by atoms with Crippen molar-refractivity contribution in [1.29, 1.82) is 0 Å². The van der Waals surface area contributed by atoms with Crippen LogP contribution in [0.1, 0.15) is 57.8 Å². The number of carboxylic acids is 1. The van der Waals surface area contributed by atoms with Crippen molar-refractivity contribution in [2.75, 3.05) is 41.5 Å². The summed E-state index contributed by atoms with van der Waals surface area (Å²) in [6.07, 6.45) is 4.27. The number of thiol groups is 2. The van der Waals surface area contributed by atoms with Gasteiger partial charge in [-0.25, -0.2) is 0 Å². The van der Waals surface area contributed by atoms with E-state index in [-0.39, 0.29) is 65.9 Å². The number of carboxylic acid groups (broad SMARTS) is 1. The Balaban J connectivity index is 2.73. The van der Waals surface area contributed by atoms with Gasteiger partial charge >= 0.3 is 17.9 Å². The molecule has 0 aliphatic rings. The number of aliphatic hydroxyl groups is 5. The normalized spacial score (nSPS) is 14.9. The van der Waals surface area contributed by atoms with E-state index in [0.29, 0.717) is 19.3 Å². The van der Waals surface area contributed by atoms with Gasteiger partial charge in [-0.15, -0.1) is 7.92 Å². The molecule has 1 rings (SSSR count). The van der Waals surface area contributed by atoms with Crippen LogP contribution in [-0.2, 0) is 9.59 Å². The van der Waals surface area contributed by atoms with Gasteiger partial charge < -0.3 is 35.4 Å². The van der Waals surface area contributed by atoms with Crippen LogP contribution >= 0.6 is 56.7 Å². The molecule has 1 aromatic heterocycles. The molecule has 0 aliphatic heterocycles. The van der Waals surface area contributed by atoms with Crippen molar-refractivity contribution >= 4 is 68.6 Å². The first kappa shape index (κ1) is 41.2. The number of hydrogen-bond donors (Lipinski definition) is 8. The van der Waals surface area contributed by atoms with Gasteiger partial charge in [-0.2, -0.15) is 40.2 Å². The average molecular weight is 716 g/mol. The maximum absolute atomic E-state index is 12.6. The summed E-state index contributed by atoms with van der Waals surface area (Å²) < 4.78 is 5.40. The molecule has 44 heavy (non-hydrogen) atoms. The van der Waals surface area contributed by atoms with Crippen LogP contribution < -0.4 is 4.74 Å². The summed E-state index contributed by atoms with van der Waals surface area (Å²) in [4.78, 5) is 36.0. The van der Waals surface area contributed by atoms with Crippen molar-refractivity contribution in [2.45, 2.75) is 92.5 Å². The van der Waals surface area contributed by atoms with Crippen LogP contribution in [0, 0.1) is 0 Å². The van der Waals surface area contributed by atoms with Gasteiger partial charge in [0.25, 0.3) is 0 Å². The number of carbonyl (C=O) groups excluding carboxylic acids is 1. The number of allylic oxidation sites excluding steroid dienone is 1. The molecule has 0 aromatic carbocycles. The van der Waals surface area contributed by atoms with Crippen LogP contribution in [0.2, 0.25) is 0 Å². The molecule has 17 heteroatoms. The highest BCUT2D eigenvalue weighted by Crippen LogP contribution is 2.39. The lowest BCUT2D eigenvalue weighted by molar-refractivity contribution is -0.137. The minimum atomic E-state index is -1.08. The smallest absolute Gasteiger partial charge is 0.329 e. The van der Waals surface area contributed by atoms with Gasteiger partial charge in [0.1, 0.15) is 0 Å². The van der Waals surface area contributed by atoms with E-state index in [1.54, 1.807) is 0 Å². The van der Waals surface area contributed by atoms with Crippen LogP contribution in [0.25, 0.3) is 0 Å². The lowest BCUT2D eigenvalue weighted by atomic mass is 10.2. The van der Waals surface area contributed by atoms with Gasteiger partial charge in [0.15, 0.2) is 10.3 Å². The summed E-state index contributed by atoms with van der Waals surface area (Å²) in [5.41, 5.74) is 0. The highest BCUT2D eigenvalue weighted by molar-refractivity contribution is 7.99. The fraction of sp³-hybridized carbons (Fsp3) is 0.741. The Morgan fingerprint density at radius 2 is 1.18 bits per heavy atom. The second-order valence-electron chi connectivity index (χ2n) is 10.1. The maximum Gasteiger partial charge on any atom is 0.329 e. The van der Waals surface area contributed by atoms with Crippen LogP contribution in [0.5, 0.6) is 6.01 Å². The number of aliphatic hydroxyl groups excluding tert-OH is 5. The molecule has 0 amide bonds. The number of esters is 1. The van der Waals surface area contributed by atoms with E-state index >= 15 is 0 Å².